The fourth-order valence-electron chi connectivity index (χ4n) is 2.27. The Bertz CT molecular complexity index is 318. The highest BCUT2D eigenvalue weighted by Crippen LogP contribution is 2.23. The van der Waals surface area contributed by atoms with Gasteiger partial charge in [-0.3, -0.25) is 4.79 Å². The third-order valence-electron chi connectivity index (χ3n) is 3.29. The van der Waals surface area contributed by atoms with E-state index in [0.717, 1.165) is 19.1 Å². The van der Waals surface area contributed by atoms with Gasteiger partial charge in [0.15, 0.2) is 0 Å². The molecule has 0 N–H and O–H groups in total. The maximum absolute atomic E-state index is 8.95. The summed E-state index contributed by atoms with van der Waals surface area (Å²) in [5.41, 5.74) is 1.29. The van der Waals surface area contributed by atoms with Crippen molar-refractivity contribution in [3.63, 3.8) is 0 Å². The van der Waals surface area contributed by atoms with Crippen molar-refractivity contribution < 1.29 is 14.3 Å². The topological polar surface area (TPSA) is 35.5 Å². The van der Waals surface area contributed by atoms with E-state index in [4.69, 9.17) is 9.53 Å². The quantitative estimate of drug-likeness (QED) is 0.763. The predicted molar refractivity (Wildman–Crippen MR) is 75.7 cm³/mol. The van der Waals surface area contributed by atoms with Gasteiger partial charge in [-0.05, 0) is 24.3 Å². The zero-order chi connectivity index (χ0) is 13.8. The predicted octanol–water partition coefficient (Wildman–Crippen LogP) is 3.57. The van der Waals surface area contributed by atoms with Crippen molar-refractivity contribution in [2.45, 2.75) is 38.7 Å². The van der Waals surface area contributed by atoms with E-state index in [0.29, 0.717) is 6.47 Å². The Hall–Kier alpha value is -1.35. The van der Waals surface area contributed by atoms with Crippen LogP contribution < -0.4 is 0 Å². The molecule has 3 nitrogen and oxygen atoms in total. The lowest BCUT2D eigenvalue weighted by molar-refractivity contribution is -0.126. The van der Waals surface area contributed by atoms with E-state index in [9.17, 15) is 0 Å². The van der Waals surface area contributed by atoms with Crippen LogP contribution in [-0.4, -0.2) is 20.2 Å². The van der Waals surface area contributed by atoms with E-state index in [1.165, 1.54) is 44.8 Å². The molecule has 0 unspecified atom stereocenters. The van der Waals surface area contributed by atoms with Gasteiger partial charge in [0.05, 0.1) is 13.7 Å². The first-order chi connectivity index (χ1) is 9.36. The Kier molecular flexibility index (Phi) is 8.73. The van der Waals surface area contributed by atoms with Gasteiger partial charge in [0, 0.05) is 6.61 Å². The number of carbonyl (C=O) groups excluding carboxylic acids is 1. The third-order valence-corrected chi connectivity index (χ3v) is 3.29. The van der Waals surface area contributed by atoms with Gasteiger partial charge in [0.2, 0.25) is 0 Å². The Morgan fingerprint density at radius 3 is 2.37 bits per heavy atom. The standard InChI is InChI=1S/C14H20O.C2H4O2/c1-3-7-13(8-4-1)11-15-12-14-9-5-2-6-10-14;1-4-2-3/h1,3-4,7-8,14H,2,5-6,9-12H2;2H,1H3. The summed E-state index contributed by atoms with van der Waals surface area (Å²) in [4.78, 5) is 8.95. The second kappa shape index (κ2) is 10.6. The Labute approximate surface area is 115 Å². The van der Waals surface area contributed by atoms with Crippen molar-refractivity contribution in [3.05, 3.63) is 35.9 Å². The molecule has 0 atom stereocenters. The molecular formula is C16H24O3. The molecule has 0 spiro atoms. The minimum atomic E-state index is 0.375. The summed E-state index contributed by atoms with van der Waals surface area (Å²) in [5, 5.41) is 0. The number of hydrogen-bond acceptors (Lipinski definition) is 3. The average Bonchev–Trinajstić information content (AvgIpc) is 2.50. The van der Waals surface area contributed by atoms with Crippen LogP contribution in [0.3, 0.4) is 0 Å². The number of carbonyl (C=O) groups is 1. The second-order valence-corrected chi connectivity index (χ2v) is 4.84. The molecule has 0 aromatic heterocycles. The fourth-order valence-corrected chi connectivity index (χ4v) is 2.27. The molecule has 3 heteroatoms. The second-order valence-electron chi connectivity index (χ2n) is 4.84. The van der Waals surface area contributed by atoms with Gasteiger partial charge in [0.25, 0.3) is 6.47 Å². The summed E-state index contributed by atoms with van der Waals surface area (Å²) >= 11 is 0. The fraction of sp³-hybridized carbons (Fsp3) is 0.562. The maximum atomic E-state index is 8.95. The van der Waals surface area contributed by atoms with Gasteiger partial charge in [0.1, 0.15) is 0 Å². The average molecular weight is 264 g/mol. The van der Waals surface area contributed by atoms with Crippen molar-refractivity contribution in [3.8, 4) is 0 Å². The lowest BCUT2D eigenvalue weighted by atomic mass is 9.90. The van der Waals surface area contributed by atoms with Crippen molar-refractivity contribution in [1.29, 1.82) is 0 Å². The zero-order valence-electron chi connectivity index (χ0n) is 11.7. The van der Waals surface area contributed by atoms with Crippen LogP contribution in [0.15, 0.2) is 30.3 Å². The largest absolute Gasteiger partial charge is 0.471 e. The van der Waals surface area contributed by atoms with Crippen molar-refractivity contribution in [1.82, 2.24) is 0 Å². The minimum absolute atomic E-state index is 0.375. The van der Waals surface area contributed by atoms with Crippen LogP contribution in [0.1, 0.15) is 37.7 Å². The van der Waals surface area contributed by atoms with Crippen molar-refractivity contribution in [2.75, 3.05) is 13.7 Å². The lowest BCUT2D eigenvalue weighted by Crippen LogP contribution is -2.13. The first kappa shape index (κ1) is 15.7. The van der Waals surface area contributed by atoms with Gasteiger partial charge in [-0.15, -0.1) is 0 Å². The van der Waals surface area contributed by atoms with Crippen molar-refractivity contribution >= 4 is 6.47 Å². The molecule has 0 bridgehead atoms. The summed E-state index contributed by atoms with van der Waals surface area (Å²) in [6, 6.07) is 10.4. The van der Waals surface area contributed by atoms with Crippen LogP contribution in [-0.2, 0) is 20.9 Å². The number of methoxy groups -OCH3 is 1. The third kappa shape index (κ3) is 7.62. The minimum Gasteiger partial charge on any atom is -0.471 e. The lowest BCUT2D eigenvalue weighted by Gasteiger charge is -2.21. The zero-order valence-corrected chi connectivity index (χ0v) is 11.7. The molecule has 1 fully saturated rings. The molecule has 1 aromatic carbocycles. The van der Waals surface area contributed by atoms with Gasteiger partial charge in [-0.1, -0.05) is 49.6 Å². The number of hydrogen-bond donors (Lipinski definition) is 0. The molecule has 1 aliphatic rings. The maximum Gasteiger partial charge on any atom is 0.292 e. The first-order valence-electron chi connectivity index (χ1n) is 6.95. The van der Waals surface area contributed by atoms with E-state index >= 15 is 0 Å². The first-order valence-corrected chi connectivity index (χ1v) is 6.95. The monoisotopic (exact) mass is 264 g/mol. The molecule has 0 saturated heterocycles. The molecule has 1 saturated carbocycles. The highest BCUT2D eigenvalue weighted by molar-refractivity contribution is 5.36. The molecule has 106 valence electrons. The van der Waals surface area contributed by atoms with Crippen LogP contribution >= 0.6 is 0 Å². The van der Waals surface area contributed by atoms with E-state index < -0.39 is 0 Å². The van der Waals surface area contributed by atoms with E-state index in [1.54, 1.807) is 0 Å². The van der Waals surface area contributed by atoms with E-state index in [2.05, 4.69) is 29.0 Å². The molecule has 1 aromatic rings. The molecule has 0 aliphatic heterocycles. The molecule has 0 radical (unpaired) electrons. The van der Waals surface area contributed by atoms with Gasteiger partial charge in [-0.25, -0.2) is 0 Å². The number of ether oxygens (including phenoxy) is 2. The molecule has 0 amide bonds. The Morgan fingerprint density at radius 2 is 1.79 bits per heavy atom. The SMILES string of the molecule is COC=O.c1ccc(COCC2CCCCC2)cc1. The van der Waals surface area contributed by atoms with Gasteiger partial charge < -0.3 is 9.47 Å². The van der Waals surface area contributed by atoms with Crippen LogP contribution in [0, 0.1) is 5.92 Å². The van der Waals surface area contributed by atoms with Crippen molar-refractivity contribution in [2.24, 2.45) is 5.92 Å². The Morgan fingerprint density at radius 1 is 1.16 bits per heavy atom. The number of benzene rings is 1. The van der Waals surface area contributed by atoms with Crippen LogP contribution in [0.5, 0.6) is 0 Å². The van der Waals surface area contributed by atoms with Crippen LogP contribution in [0.2, 0.25) is 0 Å². The molecule has 2 rings (SSSR count). The number of rotatable bonds is 5. The molecule has 19 heavy (non-hydrogen) atoms. The van der Waals surface area contributed by atoms with E-state index in [-0.39, 0.29) is 0 Å². The normalized spacial score (nSPS) is 15.2. The summed E-state index contributed by atoms with van der Waals surface area (Å²) in [6.07, 6.45) is 6.97. The van der Waals surface area contributed by atoms with Crippen LogP contribution in [0.4, 0.5) is 0 Å². The molecular weight excluding hydrogens is 240 g/mol. The van der Waals surface area contributed by atoms with E-state index in [1.807, 2.05) is 6.07 Å². The Balaban J connectivity index is 0.000000399. The smallest absolute Gasteiger partial charge is 0.292 e. The van der Waals surface area contributed by atoms with Crippen LogP contribution in [0.25, 0.3) is 0 Å². The summed E-state index contributed by atoms with van der Waals surface area (Å²) in [6.45, 7) is 2.10. The highest BCUT2D eigenvalue weighted by atomic mass is 16.5. The highest BCUT2D eigenvalue weighted by Gasteiger charge is 2.12. The summed E-state index contributed by atoms with van der Waals surface area (Å²) < 4.78 is 9.62. The summed E-state index contributed by atoms with van der Waals surface area (Å²) in [7, 11) is 1.31. The molecule has 1 aliphatic carbocycles. The molecule has 0 heterocycles. The van der Waals surface area contributed by atoms with Gasteiger partial charge in [-0.2, -0.15) is 0 Å². The summed E-state index contributed by atoms with van der Waals surface area (Å²) in [5.74, 6) is 0.822. The van der Waals surface area contributed by atoms with Gasteiger partial charge >= 0.3 is 0 Å².